The molecular formula is C22H33N. The summed E-state index contributed by atoms with van der Waals surface area (Å²) in [4.78, 5) is 0. The summed E-state index contributed by atoms with van der Waals surface area (Å²) < 4.78 is 0. The van der Waals surface area contributed by atoms with Crippen molar-refractivity contribution in [3.05, 3.63) is 47.0 Å². The van der Waals surface area contributed by atoms with Crippen molar-refractivity contribution < 1.29 is 0 Å². The molecule has 23 heavy (non-hydrogen) atoms. The van der Waals surface area contributed by atoms with Crippen LogP contribution in [0.25, 0.3) is 0 Å². The van der Waals surface area contributed by atoms with Gasteiger partial charge in [-0.3, -0.25) is 0 Å². The van der Waals surface area contributed by atoms with E-state index in [0.717, 1.165) is 12.3 Å². The number of benzene rings is 1. The molecule has 0 amide bonds. The van der Waals surface area contributed by atoms with E-state index in [2.05, 4.69) is 44.2 Å². The Morgan fingerprint density at radius 1 is 1.22 bits per heavy atom. The van der Waals surface area contributed by atoms with Crippen LogP contribution in [0.5, 0.6) is 0 Å². The average Bonchev–Trinajstić information content (AvgIpc) is 2.91. The number of fused-ring (bicyclic) bond motifs is 1. The Balaban J connectivity index is 1.61. The number of rotatable bonds is 5. The lowest BCUT2D eigenvalue weighted by atomic mass is 9.80. The van der Waals surface area contributed by atoms with Crippen LogP contribution in [0.2, 0.25) is 0 Å². The van der Waals surface area contributed by atoms with E-state index in [0.29, 0.717) is 5.92 Å². The normalized spacial score (nSPS) is 30.7. The van der Waals surface area contributed by atoms with Gasteiger partial charge in [-0.1, -0.05) is 37.3 Å². The van der Waals surface area contributed by atoms with Crippen molar-refractivity contribution in [2.75, 3.05) is 0 Å². The van der Waals surface area contributed by atoms with Crippen LogP contribution < -0.4 is 5.73 Å². The highest BCUT2D eigenvalue weighted by atomic mass is 14.7. The lowest BCUT2D eigenvalue weighted by molar-refractivity contribution is 0.430. The molecule has 0 aromatic heterocycles. The highest BCUT2D eigenvalue weighted by Gasteiger charge is 2.32. The Hall–Kier alpha value is -1.08. The van der Waals surface area contributed by atoms with E-state index in [-0.39, 0.29) is 5.54 Å². The molecule has 1 aromatic carbocycles. The van der Waals surface area contributed by atoms with E-state index < -0.39 is 0 Å². The lowest BCUT2D eigenvalue weighted by Crippen LogP contribution is -2.32. The van der Waals surface area contributed by atoms with E-state index in [1.54, 1.807) is 16.7 Å². The molecule has 0 saturated heterocycles. The first-order valence-electron chi connectivity index (χ1n) is 9.63. The molecule has 1 saturated carbocycles. The maximum atomic E-state index is 6.32. The second kappa shape index (κ2) is 7.21. The van der Waals surface area contributed by atoms with E-state index in [9.17, 15) is 0 Å². The van der Waals surface area contributed by atoms with Crippen molar-refractivity contribution in [2.45, 2.75) is 83.1 Å². The number of aryl methyl sites for hydroxylation is 1. The van der Waals surface area contributed by atoms with Gasteiger partial charge in [0.15, 0.2) is 0 Å². The Morgan fingerprint density at radius 2 is 2.09 bits per heavy atom. The zero-order valence-corrected chi connectivity index (χ0v) is 15.0. The fraction of sp³-hybridized carbons (Fsp3) is 0.636. The minimum absolute atomic E-state index is 0.0532. The van der Waals surface area contributed by atoms with Crippen LogP contribution in [0.15, 0.2) is 30.4 Å². The van der Waals surface area contributed by atoms with Gasteiger partial charge < -0.3 is 5.73 Å². The molecule has 2 aliphatic rings. The zero-order valence-electron chi connectivity index (χ0n) is 15.0. The lowest BCUT2D eigenvalue weighted by Gasteiger charge is -2.26. The summed E-state index contributed by atoms with van der Waals surface area (Å²) in [6.07, 6.45) is 16.0. The fourth-order valence-electron chi connectivity index (χ4n) is 4.52. The van der Waals surface area contributed by atoms with Crippen LogP contribution >= 0.6 is 0 Å². The first-order valence-corrected chi connectivity index (χ1v) is 9.63. The van der Waals surface area contributed by atoms with Gasteiger partial charge in [0.05, 0.1) is 0 Å². The first-order chi connectivity index (χ1) is 11.1. The van der Waals surface area contributed by atoms with E-state index in [4.69, 9.17) is 5.73 Å². The third-order valence-corrected chi connectivity index (χ3v) is 5.95. The second-order valence-corrected chi connectivity index (χ2v) is 8.19. The highest BCUT2D eigenvalue weighted by molar-refractivity contribution is 5.36. The van der Waals surface area contributed by atoms with Gasteiger partial charge in [0, 0.05) is 5.54 Å². The van der Waals surface area contributed by atoms with Crippen molar-refractivity contribution in [2.24, 2.45) is 11.7 Å². The number of nitrogens with two attached hydrogens (primary N) is 1. The quantitative estimate of drug-likeness (QED) is 0.712. The Morgan fingerprint density at radius 3 is 2.83 bits per heavy atom. The average molecular weight is 312 g/mol. The SMILES string of the molecule is CC/C=C\CC[C@@H]1CCc2cc([C@H]3CC[C@@](C)(N)C3)ccc2C1. The standard InChI is InChI=1S/C22H33N/c1-3-4-5-6-7-17-8-9-19-15-20(11-10-18(19)14-17)21-12-13-22(2,23)16-21/h4-5,10-11,15,17,21H,3,6-9,12-14,16,23H2,1-2H3/b5-4-/t17-,21+,22-/m1/s1. The molecule has 3 atom stereocenters. The third-order valence-electron chi connectivity index (χ3n) is 5.95. The van der Waals surface area contributed by atoms with Crippen LogP contribution in [-0.4, -0.2) is 5.54 Å². The van der Waals surface area contributed by atoms with E-state index >= 15 is 0 Å². The first kappa shape index (κ1) is 16.8. The molecule has 0 spiro atoms. The molecule has 1 aromatic rings. The molecule has 1 heteroatoms. The summed E-state index contributed by atoms with van der Waals surface area (Å²) in [5, 5.41) is 0. The van der Waals surface area contributed by atoms with Gasteiger partial charge in [0.25, 0.3) is 0 Å². The van der Waals surface area contributed by atoms with Crippen molar-refractivity contribution >= 4 is 0 Å². The van der Waals surface area contributed by atoms with E-state index in [1.807, 2.05) is 0 Å². The molecule has 0 unspecified atom stereocenters. The van der Waals surface area contributed by atoms with Crippen molar-refractivity contribution in [1.82, 2.24) is 0 Å². The highest BCUT2D eigenvalue weighted by Crippen LogP contribution is 2.40. The Labute approximate surface area is 142 Å². The molecule has 2 aliphatic carbocycles. The monoisotopic (exact) mass is 311 g/mol. The fourth-order valence-corrected chi connectivity index (χ4v) is 4.52. The Bertz CT molecular complexity index is 555. The van der Waals surface area contributed by atoms with Gasteiger partial charge in [-0.2, -0.15) is 0 Å². The van der Waals surface area contributed by atoms with Gasteiger partial charge in [-0.25, -0.2) is 0 Å². The van der Waals surface area contributed by atoms with Crippen LogP contribution in [0.1, 0.15) is 81.4 Å². The number of allylic oxidation sites excluding steroid dienone is 2. The summed E-state index contributed by atoms with van der Waals surface area (Å²) in [6, 6.07) is 7.32. The van der Waals surface area contributed by atoms with Gasteiger partial charge >= 0.3 is 0 Å². The van der Waals surface area contributed by atoms with Crippen LogP contribution in [-0.2, 0) is 12.8 Å². The summed E-state index contributed by atoms with van der Waals surface area (Å²) >= 11 is 0. The third kappa shape index (κ3) is 4.26. The number of hydrogen-bond acceptors (Lipinski definition) is 1. The topological polar surface area (TPSA) is 26.0 Å². The maximum absolute atomic E-state index is 6.32. The molecule has 126 valence electrons. The largest absolute Gasteiger partial charge is 0.325 e. The molecule has 3 rings (SSSR count). The minimum atomic E-state index is 0.0532. The van der Waals surface area contributed by atoms with Gasteiger partial charge in [0.2, 0.25) is 0 Å². The molecule has 0 radical (unpaired) electrons. The molecule has 0 bridgehead atoms. The van der Waals surface area contributed by atoms with Crippen LogP contribution in [0, 0.1) is 5.92 Å². The zero-order chi connectivity index (χ0) is 16.3. The van der Waals surface area contributed by atoms with Crippen LogP contribution in [0.4, 0.5) is 0 Å². The summed E-state index contributed by atoms with van der Waals surface area (Å²) in [5.74, 6) is 1.57. The molecular weight excluding hydrogens is 278 g/mol. The second-order valence-electron chi connectivity index (χ2n) is 8.19. The molecule has 0 aliphatic heterocycles. The molecule has 0 heterocycles. The summed E-state index contributed by atoms with van der Waals surface area (Å²) in [5.41, 5.74) is 11.1. The van der Waals surface area contributed by atoms with Crippen molar-refractivity contribution in [3.63, 3.8) is 0 Å². The predicted molar refractivity (Wildman–Crippen MR) is 99.8 cm³/mol. The molecule has 1 nitrogen and oxygen atoms in total. The Kier molecular flexibility index (Phi) is 5.26. The minimum Gasteiger partial charge on any atom is -0.325 e. The van der Waals surface area contributed by atoms with Gasteiger partial charge in [-0.05, 0) is 93.2 Å². The molecule has 1 fully saturated rings. The van der Waals surface area contributed by atoms with Gasteiger partial charge in [0.1, 0.15) is 0 Å². The van der Waals surface area contributed by atoms with Crippen molar-refractivity contribution in [1.29, 1.82) is 0 Å². The summed E-state index contributed by atoms with van der Waals surface area (Å²) in [6.45, 7) is 4.42. The van der Waals surface area contributed by atoms with Gasteiger partial charge in [-0.15, -0.1) is 0 Å². The predicted octanol–water partition coefficient (Wildman–Crippen LogP) is 5.52. The maximum Gasteiger partial charge on any atom is 0.0131 e. The number of hydrogen-bond donors (Lipinski definition) is 1. The van der Waals surface area contributed by atoms with Crippen LogP contribution in [0.3, 0.4) is 0 Å². The van der Waals surface area contributed by atoms with E-state index in [1.165, 1.54) is 51.4 Å². The smallest absolute Gasteiger partial charge is 0.0131 e. The summed E-state index contributed by atoms with van der Waals surface area (Å²) in [7, 11) is 0. The van der Waals surface area contributed by atoms with Crippen molar-refractivity contribution in [3.8, 4) is 0 Å². The molecule has 2 N–H and O–H groups in total.